The molecule has 6 heteroatoms. The van der Waals surface area contributed by atoms with Crippen molar-refractivity contribution in [3.8, 4) is 0 Å². The Bertz CT molecular complexity index is 101. The predicted octanol–water partition coefficient (Wildman–Crippen LogP) is -2.54. The molecule has 0 heterocycles. The molecule has 0 spiro atoms. The van der Waals surface area contributed by atoms with Crippen LogP contribution in [0.15, 0.2) is 0 Å². The van der Waals surface area contributed by atoms with Crippen molar-refractivity contribution in [3.63, 3.8) is 0 Å². The predicted molar refractivity (Wildman–Crippen MR) is 20.5 cm³/mol. The molecule has 0 N–H and O–H groups in total. The molecule has 0 aliphatic rings. The average molecular weight is 236 g/mol. The number of rotatable bonds is 1. The van der Waals surface area contributed by atoms with Gasteiger partial charge in [-0.3, -0.25) is 0 Å². The van der Waals surface area contributed by atoms with Crippen LogP contribution in [0.4, 0.5) is 0 Å². The maximum atomic E-state index is 9.15. The maximum absolute atomic E-state index is 9.15. The zero-order valence-electron chi connectivity index (χ0n) is 5.02. The molecule has 0 amide bonds. The number of carboxylic acid groups (broad SMARTS) is 2. The van der Waals surface area contributed by atoms with Crippen LogP contribution in [0.5, 0.6) is 0 Å². The van der Waals surface area contributed by atoms with Gasteiger partial charge in [-0.2, -0.15) is 0 Å². The van der Waals surface area contributed by atoms with Gasteiger partial charge in [0.05, 0.1) is 0 Å². The molecule has 0 rings (SSSR count). The zero-order chi connectivity index (χ0) is 7.86. The van der Waals surface area contributed by atoms with E-state index >= 15 is 0 Å². The van der Waals surface area contributed by atoms with Gasteiger partial charge in [-0.25, -0.2) is 0 Å². The van der Waals surface area contributed by atoms with E-state index in [1.54, 1.807) is 0 Å². The van der Waals surface area contributed by atoms with Crippen molar-refractivity contribution in [2.24, 2.45) is 0 Å². The van der Waals surface area contributed by atoms with E-state index < -0.39 is 11.9 Å². The first-order valence-electron chi connectivity index (χ1n) is 1.88. The molecule has 0 aliphatic carbocycles. The fourth-order valence-corrected chi connectivity index (χ4v) is 0. The average Bonchev–Trinajstić information content (AvgIpc) is 1.65. The van der Waals surface area contributed by atoms with Gasteiger partial charge in [-0.15, -0.1) is 0 Å². The molecule has 0 saturated heterocycles. The van der Waals surface area contributed by atoms with Crippen LogP contribution in [0.3, 0.4) is 0 Å². The SMILES string of the molecule is CC(=O)[O-].O=C([O-])[CH2][Cu].[Mn+2]. The third-order valence-corrected chi connectivity index (χ3v) is 0.359. The third kappa shape index (κ3) is 99.2. The van der Waals surface area contributed by atoms with Crippen LogP contribution in [-0.2, 0) is 42.7 Å². The standard InChI is InChI=1S/C2H4O2.C2H3O2.Cu.Mn/c2*1-2(3)4;;/h1H3,(H,3,4);1H2,(H,3,4);;/q;;;+2/p-2. The molecule has 0 aromatic carbocycles. The molecule has 4 nitrogen and oxygen atoms in total. The summed E-state index contributed by atoms with van der Waals surface area (Å²) in [4.78, 5) is 18.0. The summed E-state index contributed by atoms with van der Waals surface area (Å²) in [5, 5.41) is 17.7. The van der Waals surface area contributed by atoms with Crippen molar-refractivity contribution in [2.75, 3.05) is 0 Å². The molecule has 0 saturated carbocycles. The minimum Gasteiger partial charge on any atom is 2.00 e. The summed E-state index contributed by atoms with van der Waals surface area (Å²) in [6.07, 6.45) is 0. The summed E-state index contributed by atoms with van der Waals surface area (Å²) in [5.41, 5.74) is 0. The molecule has 0 aliphatic heterocycles. The summed E-state index contributed by atoms with van der Waals surface area (Å²) >= 11 is 4.14. The molecule has 63 valence electrons. The number of carbonyl (C=O) groups is 2. The molecular weight excluding hydrogens is 231 g/mol. The molecule has 0 atom stereocenters. The van der Waals surface area contributed by atoms with E-state index in [4.69, 9.17) is 19.8 Å². The van der Waals surface area contributed by atoms with Crippen molar-refractivity contribution in [3.05, 3.63) is 0 Å². The number of hydrogen-bond donors (Lipinski definition) is 0. The Kier molecular flexibility index (Phi) is 19.4. The second-order valence-electron chi connectivity index (χ2n) is 0.970. The number of hydrogen-bond acceptors (Lipinski definition) is 4. The molecule has 0 fully saturated rings. The van der Waals surface area contributed by atoms with Crippen LogP contribution in [0.2, 0.25) is 5.32 Å². The Labute approximate surface area is 77.3 Å². The molecule has 0 aromatic rings. The van der Waals surface area contributed by atoms with Crippen LogP contribution >= 0.6 is 0 Å². The first kappa shape index (κ1) is 16.5. The second-order valence-corrected chi connectivity index (χ2v) is 1.30. The monoisotopic (exact) mass is 235 g/mol. The molecular formula is C4H5CuMnO4. The number of carboxylic acids is 2. The summed E-state index contributed by atoms with van der Waals surface area (Å²) in [6, 6.07) is 0. The quantitative estimate of drug-likeness (QED) is 0.469. The fraction of sp³-hybridized carbons (Fsp3) is 0.500. The fourth-order valence-electron chi connectivity index (χ4n) is 0. The van der Waals surface area contributed by atoms with E-state index in [-0.39, 0.29) is 22.4 Å². The van der Waals surface area contributed by atoms with Gasteiger partial charge in [0.1, 0.15) is 0 Å². The summed E-state index contributed by atoms with van der Waals surface area (Å²) in [7, 11) is 0. The van der Waals surface area contributed by atoms with E-state index in [1.165, 1.54) is 0 Å². The van der Waals surface area contributed by atoms with Gasteiger partial charge in [0, 0.05) is 5.97 Å². The smallest absolute Gasteiger partial charge is 2.00 e. The maximum Gasteiger partial charge on any atom is 2.00 e. The summed E-state index contributed by atoms with van der Waals surface area (Å²) in [6.45, 7) is 0.972. The van der Waals surface area contributed by atoms with Crippen LogP contribution in [0, 0.1) is 0 Å². The first-order chi connectivity index (χ1) is 4.00. The first-order valence-corrected chi connectivity index (χ1v) is 2.55. The van der Waals surface area contributed by atoms with Crippen LogP contribution in [-0.4, -0.2) is 11.9 Å². The van der Waals surface area contributed by atoms with Gasteiger partial charge in [0.25, 0.3) is 0 Å². The van der Waals surface area contributed by atoms with Crippen molar-refractivity contribution in [1.82, 2.24) is 0 Å². The van der Waals surface area contributed by atoms with E-state index in [1.807, 2.05) is 0 Å². The van der Waals surface area contributed by atoms with Gasteiger partial charge in [-0.05, 0) is 6.92 Å². The van der Waals surface area contributed by atoms with Crippen LogP contribution < -0.4 is 10.2 Å². The Morgan fingerprint density at radius 2 is 1.50 bits per heavy atom. The van der Waals surface area contributed by atoms with E-state index in [0.717, 1.165) is 6.92 Å². The topological polar surface area (TPSA) is 80.3 Å². The summed E-state index contributed by atoms with van der Waals surface area (Å²) in [5.74, 6) is -2.27. The summed E-state index contributed by atoms with van der Waals surface area (Å²) < 4.78 is 0. The Hall–Kier alpha value is -0.0210. The van der Waals surface area contributed by atoms with Gasteiger partial charge in [0.15, 0.2) is 0 Å². The largest absolute Gasteiger partial charge is 2.00 e. The van der Waals surface area contributed by atoms with E-state index in [0.29, 0.717) is 0 Å². The van der Waals surface area contributed by atoms with Gasteiger partial charge >= 0.3 is 54.3 Å². The normalized spacial score (nSPS) is 6.30. The van der Waals surface area contributed by atoms with Crippen molar-refractivity contribution < 1.29 is 52.9 Å². The number of carbonyl (C=O) groups excluding carboxylic acids is 2. The van der Waals surface area contributed by atoms with Gasteiger partial charge in [0.2, 0.25) is 0 Å². The Morgan fingerprint density at radius 1 is 1.40 bits per heavy atom. The Balaban J connectivity index is -0.0000000910. The minimum absolute atomic E-state index is 0. The van der Waals surface area contributed by atoms with Gasteiger partial charge < -0.3 is 9.90 Å². The van der Waals surface area contributed by atoms with Crippen molar-refractivity contribution in [1.29, 1.82) is 0 Å². The Morgan fingerprint density at radius 3 is 1.50 bits per heavy atom. The van der Waals surface area contributed by atoms with E-state index in [9.17, 15) is 0 Å². The third-order valence-electron chi connectivity index (χ3n) is 0.0870. The molecule has 1 radical (unpaired) electrons. The molecule has 10 heavy (non-hydrogen) atoms. The van der Waals surface area contributed by atoms with Gasteiger partial charge in [-0.1, -0.05) is 0 Å². The van der Waals surface area contributed by atoms with Crippen molar-refractivity contribution in [2.45, 2.75) is 12.2 Å². The molecule has 0 aromatic heterocycles. The second kappa shape index (κ2) is 11.7. The number of aliphatic carboxylic acids is 2. The van der Waals surface area contributed by atoms with Crippen LogP contribution in [0.25, 0.3) is 0 Å². The molecule has 0 unspecified atom stereocenters. The molecule has 0 bridgehead atoms. The minimum atomic E-state index is -1.19. The van der Waals surface area contributed by atoms with Crippen LogP contribution in [0.1, 0.15) is 6.92 Å². The van der Waals surface area contributed by atoms with E-state index in [2.05, 4.69) is 16.0 Å². The zero-order valence-corrected chi connectivity index (χ0v) is 7.14. The van der Waals surface area contributed by atoms with Crippen molar-refractivity contribution >= 4 is 11.9 Å².